The number of aryl methyl sites for hydroxylation is 2. The predicted octanol–water partition coefficient (Wildman–Crippen LogP) is 3.06. The molecule has 0 aliphatic rings. The minimum absolute atomic E-state index is 0.250. The van der Waals surface area contributed by atoms with E-state index in [-0.39, 0.29) is 6.61 Å². The molecule has 0 heterocycles. The summed E-state index contributed by atoms with van der Waals surface area (Å²) in [5.74, 6) is 0. The lowest BCUT2D eigenvalue weighted by molar-refractivity contribution is 0.318. The minimum atomic E-state index is 0.250. The van der Waals surface area contributed by atoms with E-state index in [0.717, 1.165) is 0 Å². The molecule has 0 amide bonds. The van der Waals surface area contributed by atoms with Crippen LogP contribution in [0.25, 0.3) is 0 Å². The first kappa shape index (κ1) is 11.7. The van der Waals surface area contributed by atoms with Crippen LogP contribution < -0.4 is 0 Å². The highest BCUT2D eigenvalue weighted by atomic mass is 79.9. The number of benzene rings is 1. The first-order chi connectivity index (χ1) is 5.60. The molecule has 0 saturated carbocycles. The van der Waals surface area contributed by atoms with E-state index in [9.17, 15) is 0 Å². The molecule has 0 aliphatic heterocycles. The number of hydrogen-bond acceptors (Lipinski definition) is 1. The standard InChI is InChI=1S/C8H9Br.C2H6O/c1-6-3-7(2)5-8(9)4-6;1-2-3/h3-5H,1-2H3;3H,2H2,1H3. The molecule has 0 unspecified atom stereocenters. The van der Waals surface area contributed by atoms with Crippen molar-refractivity contribution in [1.29, 1.82) is 0 Å². The summed E-state index contributed by atoms with van der Waals surface area (Å²) in [6.45, 7) is 6.12. The second kappa shape index (κ2) is 6.21. The lowest BCUT2D eigenvalue weighted by atomic mass is 10.2. The van der Waals surface area contributed by atoms with E-state index >= 15 is 0 Å². The van der Waals surface area contributed by atoms with E-state index in [1.807, 2.05) is 0 Å². The molecule has 1 nitrogen and oxygen atoms in total. The maximum Gasteiger partial charge on any atom is 0.0402 e. The predicted molar refractivity (Wildman–Crippen MR) is 56.4 cm³/mol. The zero-order valence-electron chi connectivity index (χ0n) is 7.76. The van der Waals surface area contributed by atoms with Gasteiger partial charge in [0.1, 0.15) is 0 Å². The van der Waals surface area contributed by atoms with E-state index < -0.39 is 0 Å². The van der Waals surface area contributed by atoms with Gasteiger partial charge in [-0.2, -0.15) is 0 Å². The van der Waals surface area contributed by atoms with Crippen molar-refractivity contribution >= 4 is 15.9 Å². The Hall–Kier alpha value is -0.340. The third-order valence-electron chi connectivity index (χ3n) is 1.19. The van der Waals surface area contributed by atoms with Crippen LogP contribution in [-0.4, -0.2) is 11.7 Å². The first-order valence-electron chi connectivity index (χ1n) is 3.94. The van der Waals surface area contributed by atoms with Crippen molar-refractivity contribution in [1.82, 2.24) is 0 Å². The molecule has 0 atom stereocenters. The van der Waals surface area contributed by atoms with Crippen LogP contribution in [0.5, 0.6) is 0 Å². The fourth-order valence-electron chi connectivity index (χ4n) is 0.919. The molecule has 1 N–H and O–H groups in total. The van der Waals surface area contributed by atoms with Crippen LogP contribution >= 0.6 is 15.9 Å². The molecule has 0 saturated heterocycles. The van der Waals surface area contributed by atoms with Gasteiger partial charge in [0.05, 0.1) is 0 Å². The SMILES string of the molecule is CCO.Cc1cc(C)cc(Br)c1. The van der Waals surface area contributed by atoms with E-state index in [0.29, 0.717) is 0 Å². The molecule has 1 rings (SSSR count). The maximum atomic E-state index is 7.57. The number of halogens is 1. The van der Waals surface area contributed by atoms with Gasteiger partial charge in [0.15, 0.2) is 0 Å². The number of rotatable bonds is 0. The maximum absolute atomic E-state index is 7.57. The van der Waals surface area contributed by atoms with Gasteiger partial charge in [0.25, 0.3) is 0 Å². The van der Waals surface area contributed by atoms with Crippen LogP contribution in [0.15, 0.2) is 22.7 Å². The van der Waals surface area contributed by atoms with E-state index in [4.69, 9.17) is 5.11 Å². The van der Waals surface area contributed by atoms with Gasteiger partial charge in [0, 0.05) is 11.1 Å². The third-order valence-corrected chi connectivity index (χ3v) is 1.64. The van der Waals surface area contributed by atoms with Crippen LogP contribution in [0.2, 0.25) is 0 Å². The molecule has 2 heteroatoms. The van der Waals surface area contributed by atoms with Crippen molar-refractivity contribution in [3.63, 3.8) is 0 Å². The van der Waals surface area contributed by atoms with Crippen molar-refractivity contribution in [2.75, 3.05) is 6.61 Å². The van der Waals surface area contributed by atoms with E-state index in [1.54, 1.807) is 6.92 Å². The molecule has 0 bridgehead atoms. The van der Waals surface area contributed by atoms with Crippen molar-refractivity contribution in [3.05, 3.63) is 33.8 Å². The van der Waals surface area contributed by atoms with Crippen LogP contribution in [0.1, 0.15) is 18.1 Å². The minimum Gasteiger partial charge on any atom is -0.397 e. The average molecular weight is 231 g/mol. The second-order valence-corrected chi connectivity index (χ2v) is 3.54. The summed E-state index contributed by atoms with van der Waals surface area (Å²) in [6.07, 6.45) is 0. The molecular formula is C10H15BrO. The molecular weight excluding hydrogens is 216 g/mol. The van der Waals surface area contributed by atoms with Gasteiger partial charge in [0.2, 0.25) is 0 Å². The Morgan fingerprint density at radius 2 is 1.50 bits per heavy atom. The smallest absolute Gasteiger partial charge is 0.0402 e. The lowest BCUT2D eigenvalue weighted by Crippen LogP contribution is -1.74. The van der Waals surface area contributed by atoms with Gasteiger partial charge in [-0.3, -0.25) is 0 Å². The van der Waals surface area contributed by atoms with Crippen LogP contribution in [-0.2, 0) is 0 Å². The van der Waals surface area contributed by atoms with Crippen molar-refractivity contribution in [2.24, 2.45) is 0 Å². The zero-order chi connectivity index (χ0) is 9.56. The molecule has 1 aromatic rings. The van der Waals surface area contributed by atoms with Crippen molar-refractivity contribution in [2.45, 2.75) is 20.8 Å². The molecule has 12 heavy (non-hydrogen) atoms. The molecule has 1 aromatic carbocycles. The fourth-order valence-corrected chi connectivity index (χ4v) is 1.64. The van der Waals surface area contributed by atoms with Gasteiger partial charge < -0.3 is 5.11 Å². The van der Waals surface area contributed by atoms with Crippen LogP contribution in [0.3, 0.4) is 0 Å². The average Bonchev–Trinajstić information content (AvgIpc) is 1.84. The summed E-state index contributed by atoms with van der Waals surface area (Å²) < 4.78 is 1.17. The van der Waals surface area contributed by atoms with Crippen molar-refractivity contribution < 1.29 is 5.11 Å². The molecule has 0 aromatic heterocycles. The number of aliphatic hydroxyl groups excluding tert-OH is 1. The highest BCUT2D eigenvalue weighted by Crippen LogP contribution is 2.13. The largest absolute Gasteiger partial charge is 0.397 e. The Morgan fingerprint density at radius 3 is 1.75 bits per heavy atom. The normalized spacial score (nSPS) is 8.75. The molecule has 0 radical (unpaired) electrons. The summed E-state index contributed by atoms with van der Waals surface area (Å²) in [4.78, 5) is 0. The topological polar surface area (TPSA) is 20.2 Å². The Balaban J connectivity index is 0.000000354. The Bertz CT molecular complexity index is 183. The fraction of sp³-hybridized carbons (Fsp3) is 0.400. The summed E-state index contributed by atoms with van der Waals surface area (Å²) in [5.41, 5.74) is 2.61. The van der Waals surface area contributed by atoms with Gasteiger partial charge in [-0.1, -0.05) is 22.0 Å². The van der Waals surface area contributed by atoms with Gasteiger partial charge in [-0.05, 0) is 44.0 Å². The number of aliphatic hydroxyl groups is 1. The first-order valence-corrected chi connectivity index (χ1v) is 4.74. The lowest BCUT2D eigenvalue weighted by Gasteiger charge is -1.95. The van der Waals surface area contributed by atoms with Gasteiger partial charge in [-0.25, -0.2) is 0 Å². The third kappa shape index (κ3) is 5.33. The monoisotopic (exact) mass is 230 g/mol. The highest BCUT2D eigenvalue weighted by Gasteiger charge is 1.88. The van der Waals surface area contributed by atoms with Crippen LogP contribution in [0, 0.1) is 13.8 Å². The Kier molecular flexibility index (Phi) is 6.03. The van der Waals surface area contributed by atoms with Crippen LogP contribution in [0.4, 0.5) is 0 Å². The quantitative estimate of drug-likeness (QED) is 0.727. The summed E-state index contributed by atoms with van der Waals surface area (Å²) in [5, 5.41) is 7.57. The van der Waals surface area contributed by atoms with E-state index in [1.165, 1.54) is 15.6 Å². The highest BCUT2D eigenvalue weighted by molar-refractivity contribution is 9.10. The zero-order valence-corrected chi connectivity index (χ0v) is 9.35. The van der Waals surface area contributed by atoms with Crippen molar-refractivity contribution in [3.8, 4) is 0 Å². The summed E-state index contributed by atoms with van der Waals surface area (Å²) in [6, 6.07) is 6.37. The second-order valence-electron chi connectivity index (χ2n) is 2.62. The molecule has 0 fully saturated rings. The van der Waals surface area contributed by atoms with Gasteiger partial charge >= 0.3 is 0 Å². The Morgan fingerprint density at radius 1 is 1.17 bits per heavy atom. The molecule has 0 aliphatic carbocycles. The Labute approximate surface area is 82.6 Å². The summed E-state index contributed by atoms with van der Waals surface area (Å²) in [7, 11) is 0. The number of hydrogen-bond donors (Lipinski definition) is 1. The molecule has 0 spiro atoms. The van der Waals surface area contributed by atoms with E-state index in [2.05, 4.69) is 48.0 Å². The summed E-state index contributed by atoms with van der Waals surface area (Å²) >= 11 is 3.41. The van der Waals surface area contributed by atoms with Gasteiger partial charge in [-0.15, -0.1) is 0 Å². The molecule has 68 valence electrons.